The van der Waals surface area contributed by atoms with Crippen molar-refractivity contribution in [3.8, 4) is 11.8 Å². The number of hydrogen-bond donors (Lipinski definition) is 2. The highest BCUT2D eigenvalue weighted by Gasteiger charge is 2.40. The first-order valence-electron chi connectivity index (χ1n) is 20.9. The van der Waals surface area contributed by atoms with E-state index in [1.54, 1.807) is 30.1 Å². The number of piperidine rings is 1. The number of ether oxygens (including phenoxy) is 2. The molecule has 2 bridgehead atoms. The number of nitrogens with one attached hydrogen (secondary N) is 2. The van der Waals surface area contributed by atoms with Crippen molar-refractivity contribution in [3.05, 3.63) is 70.2 Å². The van der Waals surface area contributed by atoms with Crippen LogP contribution in [0.2, 0.25) is 0 Å². The van der Waals surface area contributed by atoms with E-state index in [1.165, 1.54) is 26.0 Å². The molecule has 19 heteroatoms. The van der Waals surface area contributed by atoms with Crippen LogP contribution in [-0.4, -0.2) is 114 Å². The Balaban J connectivity index is 0.706. The van der Waals surface area contributed by atoms with Gasteiger partial charge in [0.15, 0.2) is 11.3 Å². The van der Waals surface area contributed by atoms with Crippen LogP contribution in [0.15, 0.2) is 47.7 Å². The zero-order valence-corrected chi connectivity index (χ0v) is 33.5. The summed E-state index contributed by atoms with van der Waals surface area (Å²) in [4.78, 5) is 60.2. The molecule has 0 radical (unpaired) electrons. The summed E-state index contributed by atoms with van der Waals surface area (Å²) in [6.07, 6.45) is 6.81. The Morgan fingerprint density at radius 3 is 2.67 bits per heavy atom. The normalized spacial score (nSPS) is 24.4. The number of morpholine rings is 1. The van der Waals surface area contributed by atoms with Gasteiger partial charge in [-0.05, 0) is 62.6 Å². The van der Waals surface area contributed by atoms with Gasteiger partial charge in [-0.1, -0.05) is 17.9 Å². The van der Waals surface area contributed by atoms with Crippen molar-refractivity contribution in [1.82, 2.24) is 43.7 Å². The maximum Gasteiger partial charge on any atom is 0.329 e. The summed E-state index contributed by atoms with van der Waals surface area (Å²) in [6.45, 7) is 4.09. The van der Waals surface area contributed by atoms with Gasteiger partial charge in [0.05, 0.1) is 59.4 Å². The number of imidazole rings is 1. The lowest BCUT2D eigenvalue weighted by molar-refractivity contribution is -0.135. The number of nitrogens with zero attached hydrogens (tertiary/aromatic N) is 9. The van der Waals surface area contributed by atoms with Gasteiger partial charge < -0.3 is 19.7 Å². The molecule has 3 atom stereocenters. The molecule has 4 aromatic heterocycles. The Kier molecular flexibility index (Phi) is 10.2. The molecule has 1 aliphatic carbocycles. The Hall–Kier alpha value is -5.97. The van der Waals surface area contributed by atoms with Crippen LogP contribution in [0.1, 0.15) is 85.1 Å². The third-order valence-corrected chi connectivity index (χ3v) is 12.9. The first-order chi connectivity index (χ1) is 29.6. The van der Waals surface area contributed by atoms with Crippen LogP contribution >= 0.6 is 0 Å². The number of halogens is 2. The van der Waals surface area contributed by atoms with E-state index >= 15 is 0 Å². The lowest BCUT2D eigenvalue weighted by Crippen LogP contribution is -2.53. The van der Waals surface area contributed by atoms with Gasteiger partial charge in [-0.2, -0.15) is 10.2 Å². The molecule has 318 valence electrons. The number of benzene rings is 1. The lowest BCUT2D eigenvalue weighted by Gasteiger charge is -2.41. The molecular weight excluding hydrogens is 793 g/mol. The Bertz CT molecular complexity index is 2660. The monoisotopic (exact) mass is 837 g/mol. The summed E-state index contributed by atoms with van der Waals surface area (Å²) < 4.78 is 46.3. The molecule has 61 heavy (non-hydrogen) atoms. The maximum atomic E-state index is 14.2. The highest BCUT2D eigenvalue weighted by Crippen LogP contribution is 2.36. The number of anilines is 2. The van der Waals surface area contributed by atoms with Gasteiger partial charge in [0.1, 0.15) is 24.0 Å². The van der Waals surface area contributed by atoms with Crippen molar-refractivity contribution in [2.24, 2.45) is 13.0 Å². The Morgan fingerprint density at radius 1 is 1.08 bits per heavy atom. The van der Waals surface area contributed by atoms with Crippen LogP contribution < -0.4 is 21.2 Å². The van der Waals surface area contributed by atoms with Crippen molar-refractivity contribution in [2.75, 3.05) is 49.6 Å². The second kappa shape index (κ2) is 15.8. The minimum Gasteiger partial charge on any atom is -0.374 e. The molecular formula is C42H45F2N11O6. The molecule has 1 aromatic carbocycles. The van der Waals surface area contributed by atoms with Gasteiger partial charge in [-0.3, -0.25) is 38.4 Å². The van der Waals surface area contributed by atoms with Crippen molar-refractivity contribution >= 4 is 45.9 Å². The van der Waals surface area contributed by atoms with E-state index in [4.69, 9.17) is 14.5 Å². The predicted octanol–water partition coefficient (Wildman–Crippen LogP) is 3.21. The molecule has 0 spiro atoms. The number of carbonyl (C=O) groups is 3. The highest BCUT2D eigenvalue weighted by molar-refractivity contribution is 6.08. The van der Waals surface area contributed by atoms with Crippen LogP contribution in [0.4, 0.5) is 20.3 Å². The molecule has 2 N–H and O–H groups in total. The molecule has 3 amide bonds. The Labute approximate surface area is 347 Å². The van der Waals surface area contributed by atoms with E-state index in [0.717, 1.165) is 64.1 Å². The van der Waals surface area contributed by atoms with Gasteiger partial charge in [0, 0.05) is 52.0 Å². The standard InChI is InChI=1S/C42H45F2N11O6/c1-50-37-25(4-2-6-32(37)55(42(50)59)33-11-12-35(56)48-41(33)58)5-3-15-60-29-19-51(20-29)18-24-7-9-26(10-8-24)54-22-31(36(49-54)38(43)44)46-40(57)30-17-45-53-14-13-34(47-39(30)53)52-21-28-16-27(52)23-61-28/h2,4,6,13-14,17,22,24,26-29,33,38H,7-12,15-16,18-21,23H2,1H3,(H,46,57)(H,48,56,58)/t24?,26?,27-,28-,33?/m1/s1. The van der Waals surface area contributed by atoms with E-state index in [2.05, 4.69) is 42.5 Å². The van der Waals surface area contributed by atoms with E-state index in [1.807, 2.05) is 12.1 Å². The zero-order valence-electron chi connectivity index (χ0n) is 33.5. The number of fused-ring (bicyclic) bond motifs is 4. The van der Waals surface area contributed by atoms with Crippen LogP contribution in [0.3, 0.4) is 0 Å². The lowest BCUT2D eigenvalue weighted by atomic mass is 9.85. The van der Waals surface area contributed by atoms with E-state index in [9.17, 15) is 28.0 Å². The average molecular weight is 838 g/mol. The highest BCUT2D eigenvalue weighted by atomic mass is 19.3. The number of likely N-dealkylation sites (tertiary alicyclic amines) is 1. The fourth-order valence-electron chi connectivity index (χ4n) is 9.69. The largest absolute Gasteiger partial charge is 0.374 e. The average Bonchev–Trinajstić information content (AvgIpc) is 4.09. The van der Waals surface area contributed by atoms with Crippen molar-refractivity contribution in [1.29, 1.82) is 0 Å². The molecule has 1 unspecified atom stereocenters. The fraction of sp³-hybridized carbons (Fsp3) is 0.500. The van der Waals surface area contributed by atoms with Gasteiger partial charge in [0.2, 0.25) is 11.8 Å². The molecule has 17 nitrogen and oxygen atoms in total. The molecule has 8 heterocycles. The van der Waals surface area contributed by atoms with Crippen molar-refractivity contribution < 1.29 is 32.6 Å². The molecule has 5 aromatic rings. The van der Waals surface area contributed by atoms with Crippen molar-refractivity contribution in [2.45, 2.75) is 81.7 Å². The summed E-state index contributed by atoms with van der Waals surface area (Å²) >= 11 is 0. The van der Waals surface area contributed by atoms with Gasteiger partial charge >= 0.3 is 5.69 Å². The third-order valence-electron chi connectivity index (χ3n) is 12.9. The smallest absolute Gasteiger partial charge is 0.329 e. The second-order valence-corrected chi connectivity index (χ2v) is 16.8. The summed E-state index contributed by atoms with van der Waals surface area (Å²) in [5, 5.41) is 13.5. The molecule has 5 aliphatic rings. The number of aryl methyl sites for hydroxylation is 1. The number of hydrogen-bond acceptors (Lipinski definition) is 11. The molecule has 4 aliphatic heterocycles. The zero-order chi connectivity index (χ0) is 41.9. The SMILES string of the molecule is Cn1c(=O)n(C2CCC(=O)NC2=O)c2cccc(C#CCOC3CN(CC4CCC(n5cc(NC(=O)c6cnn7ccc(N8C[C@H]9C[C@@H]8CO9)nc67)c(C(F)F)n5)CC4)C3)c21. The number of alkyl halides is 2. The van der Waals surface area contributed by atoms with Crippen molar-refractivity contribution in [3.63, 3.8) is 0 Å². The van der Waals surface area contributed by atoms with E-state index in [-0.39, 0.29) is 66.6 Å². The Morgan fingerprint density at radius 2 is 1.92 bits per heavy atom. The molecule has 10 rings (SSSR count). The van der Waals surface area contributed by atoms with Gasteiger partial charge in [-0.15, -0.1) is 0 Å². The molecule has 5 fully saturated rings. The number of imide groups is 1. The number of para-hydroxylation sites is 1. The van der Waals surface area contributed by atoms with Gasteiger partial charge in [0.25, 0.3) is 12.3 Å². The second-order valence-electron chi connectivity index (χ2n) is 16.8. The summed E-state index contributed by atoms with van der Waals surface area (Å²) in [5.74, 6) is 6.00. The van der Waals surface area contributed by atoms with Crippen LogP contribution in [-0.2, 0) is 26.1 Å². The third kappa shape index (κ3) is 7.35. The first-order valence-corrected chi connectivity index (χ1v) is 20.9. The number of rotatable bonds is 10. The minimum atomic E-state index is -2.87. The molecule has 1 saturated carbocycles. The number of aromatic nitrogens is 7. The number of amides is 3. The van der Waals surface area contributed by atoms with Gasteiger partial charge in [-0.25, -0.2) is 23.1 Å². The fourth-order valence-corrected chi connectivity index (χ4v) is 9.69. The first kappa shape index (κ1) is 39.2. The quantitative estimate of drug-likeness (QED) is 0.156. The summed E-state index contributed by atoms with van der Waals surface area (Å²) in [5.41, 5.74) is 1.56. The summed E-state index contributed by atoms with van der Waals surface area (Å²) in [6, 6.07) is 6.68. The summed E-state index contributed by atoms with van der Waals surface area (Å²) in [7, 11) is 1.65. The van der Waals surface area contributed by atoms with Crippen LogP contribution in [0, 0.1) is 17.8 Å². The maximum absolute atomic E-state index is 14.2. The van der Waals surface area contributed by atoms with E-state index in [0.29, 0.717) is 34.8 Å². The van der Waals surface area contributed by atoms with Crippen LogP contribution in [0.5, 0.6) is 0 Å². The minimum absolute atomic E-state index is 0.0190. The van der Waals surface area contributed by atoms with Crippen LogP contribution in [0.25, 0.3) is 16.7 Å². The molecule has 4 saturated heterocycles. The van der Waals surface area contributed by atoms with E-state index < -0.39 is 30.0 Å². The topological polar surface area (TPSA) is 175 Å². The predicted molar refractivity (Wildman–Crippen MR) is 216 cm³/mol. The number of carbonyl (C=O) groups excluding carboxylic acids is 3.